The molecule has 6 aliphatic rings. The van der Waals surface area contributed by atoms with Gasteiger partial charge in [-0.2, -0.15) is 0 Å². The first-order valence-corrected chi connectivity index (χ1v) is 28.7. The lowest BCUT2D eigenvalue weighted by atomic mass is 9.84. The van der Waals surface area contributed by atoms with Crippen molar-refractivity contribution in [3.8, 4) is 34.2 Å². The molecule has 18 heteroatoms. The minimum absolute atomic E-state index is 0.139. The quantitative estimate of drug-likeness (QED) is 0.140. The van der Waals surface area contributed by atoms with Crippen LogP contribution in [0.5, 0.6) is 0 Å². The van der Waals surface area contributed by atoms with Crippen molar-refractivity contribution in [2.24, 2.45) is 16.7 Å². The fraction of sp³-hybridized carbons (Fsp3) is 0.559. The van der Waals surface area contributed by atoms with Crippen LogP contribution in [0.3, 0.4) is 0 Å². The number of benzene rings is 2. The highest BCUT2D eigenvalue weighted by Gasteiger charge is 2.54. The Balaban J connectivity index is 0.950. The molecule has 1 spiro atoms. The number of ether oxygens (including phenoxy) is 4. The van der Waals surface area contributed by atoms with Crippen LogP contribution >= 0.6 is 0 Å². The van der Waals surface area contributed by atoms with Gasteiger partial charge in [0.1, 0.15) is 17.2 Å². The van der Waals surface area contributed by atoms with Gasteiger partial charge >= 0.3 is 5.97 Å². The number of nitrogens with zero attached hydrogens (tertiary/aromatic N) is 6. The lowest BCUT2D eigenvalue weighted by molar-refractivity contribution is -0.158. The summed E-state index contributed by atoms with van der Waals surface area (Å²) in [6, 6.07) is 16.8. The highest BCUT2D eigenvalue weighted by atomic mass is 28.1. The first-order chi connectivity index (χ1) is 36.9. The first-order valence-electron chi connectivity index (χ1n) is 27.7. The SMILES string of the molecule is CCn1c(-c2cccnc2[C@H](C)OC)c2c3cc(ccc31)-c1cccc(c1)C[C@H](NC(=O)[C@H](C(C)C)N1CC[C@]3(CCN(C(=O)C#C[C@H]4COCCN4C4COC4)C3)C1=O)C(=O)N1CCC[C@@]([SiH3])(N1)C(=O)OCC(C)(C)C2. The Hall–Kier alpha value is -5.94. The Morgan fingerprint density at radius 1 is 0.961 bits per heavy atom. The maximum absolute atomic E-state index is 15.1. The summed E-state index contributed by atoms with van der Waals surface area (Å²) >= 11 is 0. The Bertz CT molecular complexity index is 3000. The fourth-order valence-electron chi connectivity index (χ4n) is 12.7. The van der Waals surface area contributed by atoms with Crippen LogP contribution in [0.1, 0.15) is 90.2 Å². The zero-order chi connectivity index (χ0) is 54.4. The van der Waals surface area contributed by atoms with Gasteiger partial charge in [0.2, 0.25) is 11.8 Å². The van der Waals surface area contributed by atoms with Crippen molar-refractivity contribution >= 4 is 50.7 Å². The number of aryl methyl sites for hydroxylation is 1. The van der Waals surface area contributed by atoms with E-state index in [9.17, 15) is 14.4 Å². The van der Waals surface area contributed by atoms with Gasteiger partial charge in [-0.15, -0.1) is 0 Å². The summed E-state index contributed by atoms with van der Waals surface area (Å²) in [5, 5.41) is 4.65. The van der Waals surface area contributed by atoms with Crippen LogP contribution in [0.2, 0.25) is 0 Å². The van der Waals surface area contributed by atoms with Gasteiger partial charge in [-0.3, -0.25) is 38.9 Å². The van der Waals surface area contributed by atoms with Crippen LogP contribution in [-0.4, -0.2) is 171 Å². The van der Waals surface area contributed by atoms with Crippen LogP contribution in [0.15, 0.2) is 60.8 Å². The van der Waals surface area contributed by atoms with Crippen LogP contribution in [-0.2, 0) is 62.3 Å². The Morgan fingerprint density at radius 2 is 1.75 bits per heavy atom. The average molecular weight is 1070 g/mol. The topological polar surface area (TPSA) is 177 Å². The van der Waals surface area contributed by atoms with E-state index >= 15 is 9.59 Å². The zero-order valence-electron chi connectivity index (χ0n) is 46.1. The second kappa shape index (κ2) is 22.1. The number of nitrogens with one attached hydrogen (secondary N) is 2. The monoisotopic (exact) mass is 1070 g/mol. The number of esters is 1. The molecule has 77 heavy (non-hydrogen) atoms. The molecular weight excluding hydrogens is 993 g/mol. The van der Waals surface area contributed by atoms with E-state index in [2.05, 4.69) is 89.2 Å². The van der Waals surface area contributed by atoms with E-state index in [0.29, 0.717) is 95.0 Å². The molecule has 4 amide bonds. The summed E-state index contributed by atoms with van der Waals surface area (Å²) in [7, 11) is 2.04. The van der Waals surface area contributed by atoms with Crippen molar-refractivity contribution in [2.45, 2.75) is 122 Å². The van der Waals surface area contributed by atoms with Gasteiger partial charge in [-0.1, -0.05) is 63.9 Å². The number of aromatic nitrogens is 2. The first kappa shape index (κ1) is 54.4. The molecule has 5 fully saturated rings. The smallest absolute Gasteiger partial charge is 0.323 e. The van der Waals surface area contributed by atoms with Crippen molar-refractivity contribution in [3.05, 3.63) is 77.6 Å². The van der Waals surface area contributed by atoms with Crippen molar-refractivity contribution < 1.29 is 42.9 Å². The van der Waals surface area contributed by atoms with E-state index in [-0.39, 0.29) is 61.4 Å². The Morgan fingerprint density at radius 3 is 2.51 bits per heavy atom. The molecule has 6 bridgehead atoms. The maximum Gasteiger partial charge on any atom is 0.323 e. The Labute approximate surface area is 455 Å². The van der Waals surface area contributed by atoms with Crippen LogP contribution in [0, 0.1) is 28.6 Å². The number of hydrogen-bond acceptors (Lipinski definition) is 12. The number of likely N-dealkylation sites (tertiary alicyclic amines) is 2. The van der Waals surface area contributed by atoms with Gasteiger partial charge in [-0.05, 0) is 104 Å². The van der Waals surface area contributed by atoms with Crippen molar-refractivity contribution in [2.75, 3.05) is 72.9 Å². The molecule has 8 heterocycles. The van der Waals surface area contributed by atoms with E-state index in [1.165, 1.54) is 5.01 Å². The predicted molar refractivity (Wildman–Crippen MR) is 295 cm³/mol. The maximum atomic E-state index is 15.1. The molecule has 2 aromatic carbocycles. The summed E-state index contributed by atoms with van der Waals surface area (Å²) < 4.78 is 25.6. The van der Waals surface area contributed by atoms with Crippen molar-refractivity contribution in [1.82, 2.24) is 40.0 Å². The highest BCUT2D eigenvalue weighted by Crippen LogP contribution is 2.44. The number of cyclic esters (lactones) is 1. The molecule has 0 unspecified atom stereocenters. The van der Waals surface area contributed by atoms with Crippen molar-refractivity contribution in [1.29, 1.82) is 0 Å². The molecule has 6 atom stereocenters. The predicted octanol–water partition coefficient (Wildman–Crippen LogP) is 4.02. The molecule has 0 radical (unpaired) electrons. The third-order valence-electron chi connectivity index (χ3n) is 17.1. The highest BCUT2D eigenvalue weighted by molar-refractivity contribution is 6.27. The number of fused-ring (bicyclic) bond motifs is 6. The van der Waals surface area contributed by atoms with Gasteiger partial charge < -0.3 is 38.6 Å². The second-order valence-corrected chi connectivity index (χ2v) is 25.2. The van der Waals surface area contributed by atoms with Gasteiger partial charge in [0.05, 0.1) is 68.0 Å². The Kier molecular flexibility index (Phi) is 15.6. The number of rotatable bonds is 9. The minimum atomic E-state index is -1.10. The van der Waals surface area contributed by atoms with Gasteiger partial charge in [0, 0.05) is 91.1 Å². The van der Waals surface area contributed by atoms with Crippen LogP contribution < -0.4 is 10.7 Å². The number of pyridine rings is 1. The van der Waals surface area contributed by atoms with E-state index in [0.717, 1.165) is 56.7 Å². The number of hydrogen-bond donors (Lipinski definition) is 2. The lowest BCUT2D eigenvalue weighted by Gasteiger charge is -2.42. The third-order valence-corrected chi connectivity index (χ3v) is 18.2. The number of hydrazine groups is 1. The van der Waals surface area contributed by atoms with E-state index in [4.69, 9.17) is 23.9 Å². The molecule has 2 aromatic heterocycles. The average Bonchev–Trinajstić information content (AvgIpc) is 4.14. The van der Waals surface area contributed by atoms with E-state index < -0.39 is 40.0 Å². The molecule has 17 nitrogen and oxygen atoms in total. The van der Waals surface area contributed by atoms with Gasteiger partial charge in [-0.25, -0.2) is 5.43 Å². The number of carbonyl (C=O) groups is 5. The minimum Gasteiger partial charge on any atom is -0.464 e. The molecule has 2 N–H and O–H groups in total. The summed E-state index contributed by atoms with van der Waals surface area (Å²) in [6.45, 7) is 17.4. The molecule has 0 aliphatic carbocycles. The zero-order valence-corrected chi connectivity index (χ0v) is 48.1. The molecule has 410 valence electrons. The van der Waals surface area contributed by atoms with Crippen LogP contribution in [0.4, 0.5) is 0 Å². The molecule has 5 saturated heterocycles. The molecule has 10 rings (SSSR count). The van der Waals surface area contributed by atoms with E-state index in [1.807, 2.05) is 39.0 Å². The van der Waals surface area contributed by atoms with Crippen molar-refractivity contribution in [3.63, 3.8) is 0 Å². The summed E-state index contributed by atoms with van der Waals surface area (Å²) in [6.07, 6.45) is 4.29. The molecule has 4 aromatic rings. The standard InChI is InChI=1S/C59H76N8O9Si/c1-8-64-48-17-15-41-30-45(48)46(52(64)44-14-10-22-60-50(44)38(4)73-7)31-57(5,6)36-76-56(72)59(77)19-11-23-67(62-59)54(70)47(29-39-12-9-13-40(41)28-39)61-53(69)51(37(2)3)66-25-21-58(55(66)71)20-24-63(35-58)49(68)18-16-42-32-74-27-26-65(42)43-33-75-34-43/h9-10,12-15,17,22,28,30,37-38,42-43,47,51,62H,8,11,19-21,23-27,29,31-36H2,1-7,77H3,(H,61,69)/t38-,42-,47-,51-,58-,59-/m0/s1. The normalized spacial score (nSPS) is 26.1. The number of morpholine rings is 1. The third kappa shape index (κ3) is 10.7. The van der Waals surface area contributed by atoms with E-state index in [1.54, 1.807) is 23.1 Å². The molecular formula is C59H76N8O9Si. The summed E-state index contributed by atoms with van der Waals surface area (Å²) in [4.78, 5) is 83.3. The number of amides is 4. The fourth-order valence-corrected chi connectivity index (χ4v) is 13.4. The molecule has 6 aliphatic heterocycles. The number of methoxy groups -OCH3 is 1. The lowest BCUT2D eigenvalue weighted by Crippen LogP contribution is -2.67. The molecule has 0 saturated carbocycles. The summed E-state index contributed by atoms with van der Waals surface area (Å²) in [5.41, 5.74) is 9.82. The summed E-state index contributed by atoms with van der Waals surface area (Å²) in [5.74, 6) is 4.03. The van der Waals surface area contributed by atoms with Gasteiger partial charge in [0.15, 0.2) is 0 Å². The largest absolute Gasteiger partial charge is 0.464 e. The second-order valence-electron chi connectivity index (χ2n) is 23.5. The van der Waals surface area contributed by atoms with Crippen LogP contribution in [0.25, 0.3) is 33.3 Å². The number of carbonyl (C=O) groups excluding carboxylic acids is 5. The van der Waals surface area contributed by atoms with Gasteiger partial charge in [0.25, 0.3) is 11.8 Å².